The van der Waals surface area contributed by atoms with E-state index in [2.05, 4.69) is 4.98 Å². The Bertz CT molecular complexity index is 1570. The van der Waals surface area contributed by atoms with Gasteiger partial charge in [0, 0.05) is 25.4 Å². The number of benzene rings is 2. The smallest absolute Gasteiger partial charge is 0.332 e. The number of para-hydroxylation sites is 2. The molecule has 0 saturated heterocycles. The number of hydrogen-bond donors (Lipinski definition) is 1. The first-order valence-electron chi connectivity index (χ1n) is 9.45. The van der Waals surface area contributed by atoms with Crippen molar-refractivity contribution in [3.8, 4) is 22.7 Å². The topological polar surface area (TPSA) is 86.5 Å². The van der Waals surface area contributed by atoms with Crippen LogP contribution in [0.3, 0.4) is 0 Å². The molecular weight excluding hydrogens is 382 g/mol. The Kier molecular flexibility index (Phi) is 3.73. The number of hydrogen-bond acceptors (Lipinski definition) is 4. The van der Waals surface area contributed by atoms with E-state index in [-0.39, 0.29) is 5.75 Å². The third-order valence-corrected chi connectivity index (χ3v) is 5.51. The minimum Gasteiger partial charge on any atom is -0.506 e. The summed E-state index contributed by atoms with van der Waals surface area (Å²) in [5, 5.41) is 10.6. The van der Waals surface area contributed by atoms with E-state index in [1.165, 1.54) is 11.6 Å². The van der Waals surface area contributed by atoms with E-state index in [0.29, 0.717) is 22.6 Å². The van der Waals surface area contributed by atoms with Crippen LogP contribution in [0, 0.1) is 6.92 Å². The van der Waals surface area contributed by atoms with Gasteiger partial charge in [-0.25, -0.2) is 4.79 Å². The van der Waals surface area contributed by atoms with Crippen LogP contribution in [0.2, 0.25) is 0 Å². The third-order valence-electron chi connectivity index (χ3n) is 5.51. The van der Waals surface area contributed by atoms with Gasteiger partial charge in [-0.05, 0) is 19.1 Å². The second-order valence-electron chi connectivity index (χ2n) is 7.25. The van der Waals surface area contributed by atoms with E-state index in [9.17, 15) is 14.7 Å². The van der Waals surface area contributed by atoms with Crippen LogP contribution in [0.15, 0.2) is 64.2 Å². The largest absolute Gasteiger partial charge is 0.506 e. The summed E-state index contributed by atoms with van der Waals surface area (Å²) in [6, 6.07) is 16.7. The van der Waals surface area contributed by atoms with Crippen LogP contribution in [0.1, 0.15) is 5.69 Å². The lowest BCUT2D eigenvalue weighted by atomic mass is 10.1. The van der Waals surface area contributed by atoms with Crippen molar-refractivity contribution >= 4 is 16.9 Å². The number of phenolic OH excluding ortho intramolecular Hbond substituents is 1. The summed E-state index contributed by atoms with van der Waals surface area (Å²) in [5.41, 5.74) is 2.78. The van der Waals surface area contributed by atoms with Gasteiger partial charge in [0.05, 0.1) is 11.4 Å². The zero-order chi connectivity index (χ0) is 21.2. The predicted octanol–water partition coefficient (Wildman–Crippen LogP) is 2.36. The van der Waals surface area contributed by atoms with E-state index in [1.807, 2.05) is 47.9 Å². The highest BCUT2D eigenvalue weighted by atomic mass is 16.3. The minimum atomic E-state index is -0.441. The summed E-state index contributed by atoms with van der Waals surface area (Å²) in [7, 11) is 3.05. The van der Waals surface area contributed by atoms with E-state index >= 15 is 0 Å². The fraction of sp³-hybridized carbons (Fsp3) is 0.136. The average molecular weight is 401 g/mol. The summed E-state index contributed by atoms with van der Waals surface area (Å²) in [4.78, 5) is 30.1. The molecule has 8 heteroatoms. The summed E-state index contributed by atoms with van der Waals surface area (Å²) in [6.07, 6.45) is 0. The monoisotopic (exact) mass is 401 g/mol. The van der Waals surface area contributed by atoms with Gasteiger partial charge in [0.25, 0.3) is 5.56 Å². The molecule has 0 spiro atoms. The van der Waals surface area contributed by atoms with Gasteiger partial charge in [0.1, 0.15) is 5.75 Å². The van der Waals surface area contributed by atoms with Gasteiger partial charge in [0.2, 0.25) is 5.78 Å². The molecule has 5 rings (SSSR count). The molecule has 0 amide bonds. The standard InChI is InChI=1S/C22H19N5O3/c1-13-17(14-9-5-4-6-10-14)27(15-11-7-8-12-16(15)28)21-23-19-18(26(13)21)20(29)25(3)22(30)24(19)2/h4-12,28H,1-3H3. The molecule has 3 aromatic heterocycles. The highest BCUT2D eigenvalue weighted by Gasteiger charge is 2.25. The fourth-order valence-corrected chi connectivity index (χ4v) is 4.03. The number of aryl methyl sites for hydroxylation is 2. The number of fused-ring (bicyclic) bond motifs is 3. The maximum atomic E-state index is 13.0. The molecule has 0 radical (unpaired) electrons. The Labute approximate surface area is 170 Å². The molecule has 0 aliphatic rings. The number of aromatic hydroxyl groups is 1. The molecule has 0 fully saturated rings. The molecule has 2 aromatic carbocycles. The zero-order valence-electron chi connectivity index (χ0n) is 16.7. The van der Waals surface area contributed by atoms with Crippen molar-refractivity contribution in [1.29, 1.82) is 0 Å². The Hall–Kier alpha value is -4.07. The second kappa shape index (κ2) is 6.21. The van der Waals surface area contributed by atoms with Crippen molar-refractivity contribution in [3.05, 3.63) is 81.1 Å². The Morgan fingerprint density at radius 1 is 0.900 bits per heavy atom. The molecule has 150 valence electrons. The van der Waals surface area contributed by atoms with Crippen molar-refractivity contribution in [2.24, 2.45) is 14.1 Å². The molecule has 0 aliphatic heterocycles. The number of imidazole rings is 2. The normalized spacial score (nSPS) is 11.6. The molecule has 0 atom stereocenters. The maximum absolute atomic E-state index is 13.0. The quantitative estimate of drug-likeness (QED) is 0.492. The summed E-state index contributed by atoms with van der Waals surface area (Å²) >= 11 is 0. The lowest BCUT2D eigenvalue weighted by Gasteiger charge is -2.11. The zero-order valence-corrected chi connectivity index (χ0v) is 16.7. The molecule has 0 aliphatic carbocycles. The number of aromatic nitrogens is 5. The van der Waals surface area contributed by atoms with Crippen molar-refractivity contribution in [2.45, 2.75) is 6.92 Å². The molecule has 0 saturated carbocycles. The SMILES string of the molecule is Cc1c(-c2ccccc2)n(-c2ccccc2O)c2nc3c(c(=O)n(C)c(=O)n3C)n12. The van der Waals surface area contributed by atoms with Gasteiger partial charge in [-0.3, -0.25) is 22.9 Å². The average Bonchev–Trinajstić information content (AvgIpc) is 3.27. The van der Waals surface area contributed by atoms with Crippen molar-refractivity contribution < 1.29 is 5.11 Å². The summed E-state index contributed by atoms with van der Waals surface area (Å²) < 4.78 is 6.02. The van der Waals surface area contributed by atoms with Crippen molar-refractivity contribution in [1.82, 2.24) is 23.1 Å². The molecule has 0 unspecified atom stereocenters. The molecule has 5 aromatic rings. The Morgan fingerprint density at radius 2 is 1.57 bits per heavy atom. The summed E-state index contributed by atoms with van der Waals surface area (Å²) in [6.45, 7) is 1.90. The lowest BCUT2D eigenvalue weighted by molar-refractivity contribution is 0.472. The predicted molar refractivity (Wildman–Crippen MR) is 114 cm³/mol. The molecule has 8 nitrogen and oxygen atoms in total. The summed E-state index contributed by atoms with van der Waals surface area (Å²) in [5.74, 6) is 0.530. The first-order valence-corrected chi connectivity index (χ1v) is 9.45. The fourth-order valence-electron chi connectivity index (χ4n) is 4.03. The highest BCUT2D eigenvalue weighted by molar-refractivity contribution is 5.81. The van der Waals surface area contributed by atoms with Crippen LogP contribution in [0.4, 0.5) is 0 Å². The highest BCUT2D eigenvalue weighted by Crippen LogP contribution is 2.35. The number of rotatable bonds is 2. The molecule has 0 bridgehead atoms. The van der Waals surface area contributed by atoms with Gasteiger partial charge in [-0.15, -0.1) is 0 Å². The van der Waals surface area contributed by atoms with Crippen LogP contribution in [-0.2, 0) is 14.1 Å². The first-order chi connectivity index (χ1) is 14.4. The van der Waals surface area contributed by atoms with E-state index in [0.717, 1.165) is 21.5 Å². The maximum Gasteiger partial charge on any atom is 0.332 e. The van der Waals surface area contributed by atoms with Crippen LogP contribution in [0.5, 0.6) is 5.75 Å². The second-order valence-corrected chi connectivity index (χ2v) is 7.25. The number of nitrogens with zero attached hydrogens (tertiary/aromatic N) is 5. The van der Waals surface area contributed by atoms with Crippen molar-refractivity contribution in [3.63, 3.8) is 0 Å². The third kappa shape index (κ3) is 2.24. The van der Waals surface area contributed by atoms with Crippen LogP contribution in [-0.4, -0.2) is 28.2 Å². The van der Waals surface area contributed by atoms with Crippen molar-refractivity contribution in [2.75, 3.05) is 0 Å². The minimum absolute atomic E-state index is 0.0843. The first kappa shape index (κ1) is 18.0. The Balaban J connectivity index is 2.07. The van der Waals surface area contributed by atoms with E-state index in [4.69, 9.17) is 0 Å². The van der Waals surface area contributed by atoms with E-state index in [1.54, 1.807) is 29.6 Å². The molecule has 30 heavy (non-hydrogen) atoms. The van der Waals surface area contributed by atoms with E-state index < -0.39 is 11.2 Å². The molecular formula is C22H19N5O3. The van der Waals surface area contributed by atoms with Gasteiger partial charge in [-0.2, -0.15) is 4.98 Å². The van der Waals surface area contributed by atoms with Gasteiger partial charge in [0.15, 0.2) is 11.2 Å². The van der Waals surface area contributed by atoms with Crippen LogP contribution >= 0.6 is 0 Å². The number of phenols is 1. The van der Waals surface area contributed by atoms with Gasteiger partial charge in [-0.1, -0.05) is 42.5 Å². The van der Waals surface area contributed by atoms with Gasteiger partial charge < -0.3 is 5.11 Å². The van der Waals surface area contributed by atoms with Crippen LogP contribution in [0.25, 0.3) is 33.9 Å². The lowest BCUT2D eigenvalue weighted by Crippen LogP contribution is -2.37. The Morgan fingerprint density at radius 3 is 2.27 bits per heavy atom. The molecule has 1 N–H and O–H groups in total. The van der Waals surface area contributed by atoms with Gasteiger partial charge >= 0.3 is 5.69 Å². The van der Waals surface area contributed by atoms with Crippen LogP contribution < -0.4 is 11.2 Å². The molecule has 3 heterocycles.